The molecule has 0 bridgehead atoms. The molecule has 0 saturated heterocycles. The first-order valence-corrected chi connectivity index (χ1v) is 16.8. The van der Waals surface area contributed by atoms with Crippen molar-refractivity contribution in [3.05, 3.63) is 0 Å². The Morgan fingerprint density at radius 3 is 1.36 bits per heavy atom. The number of hydrogen-bond donors (Lipinski definition) is 0. The lowest BCUT2D eigenvalue weighted by Gasteiger charge is -2.24. The van der Waals surface area contributed by atoms with E-state index in [0.717, 1.165) is 44.9 Å². The Bertz CT molecular complexity index is 449. The predicted octanol–water partition coefficient (Wildman–Crippen LogP) is 8.81. The van der Waals surface area contributed by atoms with Gasteiger partial charge in [-0.15, -0.1) is 0 Å². The van der Waals surface area contributed by atoms with E-state index in [1.807, 2.05) is 41.5 Å². The molecule has 0 aromatic carbocycles. The predicted molar refractivity (Wildman–Crippen MR) is 149 cm³/mol. The summed E-state index contributed by atoms with van der Waals surface area (Å²) in [6.45, 7) is 19.6. The van der Waals surface area contributed by atoms with Crippen molar-refractivity contribution < 1.29 is 40.7 Å². The molecule has 0 aliphatic heterocycles. The van der Waals surface area contributed by atoms with Crippen molar-refractivity contribution in [2.45, 2.75) is 119 Å². The third kappa shape index (κ3) is 24.0. The van der Waals surface area contributed by atoms with Crippen LogP contribution in [0.4, 0.5) is 0 Å². The molecule has 0 aliphatic rings. The highest BCUT2D eigenvalue weighted by Crippen LogP contribution is 2.44. The molecule has 0 spiro atoms. The molecular formula is C24H53O9P3. The molecule has 0 aromatic heterocycles. The zero-order valence-electron chi connectivity index (χ0n) is 23.9. The molecule has 0 aromatic rings. The Kier molecular flexibility index (Phi) is 26.8. The standard InChI is InChI=1S/C24H53O9P3/c1-9-18-27-35(29-20-15-12-14-19-28-34(25-10-2)26-11-3)30-21-16-13-17-24(8)33-36(31-22(4)5)32-23(6)7/h22-24H,9-21H2,1-8H3. The van der Waals surface area contributed by atoms with E-state index in [1.165, 1.54) is 0 Å². The third-order valence-electron chi connectivity index (χ3n) is 4.11. The van der Waals surface area contributed by atoms with Gasteiger partial charge in [-0.25, -0.2) is 0 Å². The molecule has 36 heavy (non-hydrogen) atoms. The minimum atomic E-state index is -1.33. The average Bonchev–Trinajstić information content (AvgIpc) is 2.80. The fourth-order valence-corrected chi connectivity index (χ4v) is 5.82. The Morgan fingerprint density at radius 2 is 0.917 bits per heavy atom. The maximum Gasteiger partial charge on any atom is 0.333 e. The first kappa shape index (κ1) is 36.9. The highest BCUT2D eigenvalue weighted by molar-refractivity contribution is 7.42. The van der Waals surface area contributed by atoms with Gasteiger partial charge in [0.05, 0.1) is 58.0 Å². The Balaban J connectivity index is 4.04. The van der Waals surface area contributed by atoms with Crippen molar-refractivity contribution >= 4 is 25.8 Å². The summed E-state index contributed by atoms with van der Waals surface area (Å²) in [4.78, 5) is 0. The van der Waals surface area contributed by atoms with E-state index in [0.29, 0.717) is 39.6 Å². The second kappa shape index (κ2) is 26.2. The summed E-state index contributed by atoms with van der Waals surface area (Å²) in [6.07, 6.45) is 6.80. The van der Waals surface area contributed by atoms with Crippen molar-refractivity contribution in [2.24, 2.45) is 0 Å². The Labute approximate surface area is 224 Å². The summed E-state index contributed by atoms with van der Waals surface area (Å²) in [5.74, 6) is 0. The minimum absolute atomic E-state index is 0.0605. The van der Waals surface area contributed by atoms with Crippen LogP contribution in [0, 0.1) is 0 Å². The minimum Gasteiger partial charge on any atom is -0.313 e. The van der Waals surface area contributed by atoms with E-state index >= 15 is 0 Å². The first-order chi connectivity index (χ1) is 17.3. The van der Waals surface area contributed by atoms with Crippen LogP contribution in [0.5, 0.6) is 0 Å². The van der Waals surface area contributed by atoms with Gasteiger partial charge in [0.2, 0.25) is 0 Å². The second-order valence-electron chi connectivity index (χ2n) is 8.62. The van der Waals surface area contributed by atoms with E-state index < -0.39 is 25.8 Å². The van der Waals surface area contributed by atoms with Crippen LogP contribution in [0.2, 0.25) is 0 Å². The van der Waals surface area contributed by atoms with Gasteiger partial charge < -0.3 is 40.7 Å². The third-order valence-corrected chi connectivity index (χ3v) is 8.34. The fraction of sp³-hybridized carbons (Fsp3) is 1.00. The number of hydrogen-bond acceptors (Lipinski definition) is 9. The van der Waals surface area contributed by atoms with Crippen molar-refractivity contribution in [1.82, 2.24) is 0 Å². The maximum atomic E-state index is 6.00. The molecule has 0 amide bonds. The summed E-state index contributed by atoms with van der Waals surface area (Å²) in [5, 5.41) is 0. The second-order valence-corrected chi connectivity index (χ2v) is 12.1. The molecule has 218 valence electrons. The van der Waals surface area contributed by atoms with E-state index in [-0.39, 0.29) is 18.3 Å². The molecule has 9 nitrogen and oxygen atoms in total. The molecular weight excluding hydrogens is 525 g/mol. The molecule has 2 atom stereocenters. The highest BCUT2D eigenvalue weighted by atomic mass is 31.2. The molecule has 12 heteroatoms. The van der Waals surface area contributed by atoms with E-state index in [4.69, 9.17) is 40.7 Å². The van der Waals surface area contributed by atoms with Gasteiger partial charge in [-0.2, -0.15) is 0 Å². The molecule has 0 rings (SSSR count). The topological polar surface area (TPSA) is 83.1 Å². The molecule has 0 N–H and O–H groups in total. The van der Waals surface area contributed by atoms with Gasteiger partial charge in [0.25, 0.3) is 0 Å². The first-order valence-electron chi connectivity index (χ1n) is 13.5. The fourth-order valence-electron chi connectivity index (χ4n) is 2.55. The van der Waals surface area contributed by atoms with Crippen LogP contribution < -0.4 is 0 Å². The molecule has 2 unspecified atom stereocenters. The van der Waals surface area contributed by atoms with E-state index in [9.17, 15) is 0 Å². The molecule has 0 heterocycles. The summed E-state index contributed by atoms with van der Waals surface area (Å²) < 4.78 is 51.6. The smallest absolute Gasteiger partial charge is 0.313 e. The number of unbranched alkanes of at least 4 members (excludes halogenated alkanes) is 3. The summed E-state index contributed by atoms with van der Waals surface area (Å²) in [7, 11) is -3.86. The quantitative estimate of drug-likeness (QED) is 0.0701. The largest absolute Gasteiger partial charge is 0.333 e. The van der Waals surface area contributed by atoms with Gasteiger partial charge in [-0.3, -0.25) is 0 Å². The Hall–Kier alpha value is 0.930. The van der Waals surface area contributed by atoms with Crippen molar-refractivity contribution in [1.29, 1.82) is 0 Å². The summed E-state index contributed by atoms with van der Waals surface area (Å²) in [6, 6.07) is 0. The van der Waals surface area contributed by atoms with Crippen LogP contribution in [0.3, 0.4) is 0 Å². The van der Waals surface area contributed by atoms with Crippen LogP contribution in [0.25, 0.3) is 0 Å². The van der Waals surface area contributed by atoms with Crippen LogP contribution in [-0.4, -0.2) is 58.0 Å². The van der Waals surface area contributed by atoms with E-state index in [2.05, 4.69) is 13.8 Å². The van der Waals surface area contributed by atoms with Crippen molar-refractivity contribution in [3.63, 3.8) is 0 Å². The van der Waals surface area contributed by atoms with Crippen LogP contribution >= 0.6 is 25.8 Å². The summed E-state index contributed by atoms with van der Waals surface area (Å²) in [5.41, 5.74) is 0. The lowest BCUT2D eigenvalue weighted by atomic mass is 10.2. The van der Waals surface area contributed by atoms with Crippen molar-refractivity contribution in [3.8, 4) is 0 Å². The normalized spacial score (nSPS) is 14.0. The maximum absolute atomic E-state index is 6.00. The zero-order valence-corrected chi connectivity index (χ0v) is 26.6. The molecule has 0 aliphatic carbocycles. The number of rotatable bonds is 27. The van der Waals surface area contributed by atoms with Gasteiger partial charge >= 0.3 is 25.8 Å². The highest BCUT2D eigenvalue weighted by Gasteiger charge is 2.20. The lowest BCUT2D eigenvalue weighted by molar-refractivity contribution is 0.0850. The molecule has 0 fully saturated rings. The Morgan fingerprint density at radius 1 is 0.472 bits per heavy atom. The van der Waals surface area contributed by atoms with Crippen molar-refractivity contribution in [2.75, 3.05) is 39.6 Å². The lowest BCUT2D eigenvalue weighted by Crippen LogP contribution is -2.12. The van der Waals surface area contributed by atoms with E-state index in [1.54, 1.807) is 0 Å². The average molecular weight is 579 g/mol. The molecule has 0 radical (unpaired) electrons. The molecule has 0 saturated carbocycles. The van der Waals surface area contributed by atoms with Gasteiger partial charge in [-0.1, -0.05) is 6.92 Å². The van der Waals surface area contributed by atoms with Crippen LogP contribution in [0.15, 0.2) is 0 Å². The van der Waals surface area contributed by atoms with Crippen LogP contribution in [-0.2, 0) is 40.7 Å². The van der Waals surface area contributed by atoms with Crippen LogP contribution in [0.1, 0.15) is 100 Å². The van der Waals surface area contributed by atoms with Gasteiger partial charge in [0.15, 0.2) is 0 Å². The zero-order chi connectivity index (χ0) is 27.0. The van der Waals surface area contributed by atoms with Gasteiger partial charge in [-0.05, 0) is 93.4 Å². The van der Waals surface area contributed by atoms with Gasteiger partial charge in [0.1, 0.15) is 0 Å². The van der Waals surface area contributed by atoms with Gasteiger partial charge in [0, 0.05) is 0 Å². The monoisotopic (exact) mass is 578 g/mol. The summed E-state index contributed by atoms with van der Waals surface area (Å²) >= 11 is 0. The SMILES string of the molecule is CCCOP(OCCCCCOP(OCC)OCC)OCCCCC(C)OP(OC(C)C)OC(C)C.